The highest BCUT2D eigenvalue weighted by atomic mass is 16.2. The summed E-state index contributed by atoms with van der Waals surface area (Å²) in [7, 11) is 0. The van der Waals surface area contributed by atoms with E-state index in [1.165, 1.54) is 35.0 Å². The van der Waals surface area contributed by atoms with E-state index in [0.29, 0.717) is 25.4 Å². The number of nitrogens with one attached hydrogen (secondary N) is 2. The normalized spacial score (nSPS) is 19.7. The third kappa shape index (κ3) is 3.73. The minimum Gasteiger partial charge on any atom is -0.358 e. The van der Waals surface area contributed by atoms with Gasteiger partial charge in [-0.05, 0) is 54.9 Å². The first-order valence-corrected chi connectivity index (χ1v) is 10.2. The summed E-state index contributed by atoms with van der Waals surface area (Å²) in [6.07, 6.45) is 5.13. The summed E-state index contributed by atoms with van der Waals surface area (Å²) < 4.78 is 0. The molecule has 0 spiro atoms. The predicted octanol–water partition coefficient (Wildman–Crippen LogP) is 3.17. The molecule has 0 bridgehead atoms. The van der Waals surface area contributed by atoms with Gasteiger partial charge in [-0.3, -0.25) is 9.59 Å². The maximum Gasteiger partial charge on any atom is 0.225 e. The average molecular weight is 367 g/mol. The highest BCUT2D eigenvalue weighted by molar-refractivity contribution is 5.89. The number of benzene rings is 1. The summed E-state index contributed by atoms with van der Waals surface area (Å²) in [6.45, 7) is 5.99. The SMILES string of the molecule is CC(C)CN1CC(C(=O)NCc2ccc3[nH]c4c(c3c2)CCCC4)CC1=O. The van der Waals surface area contributed by atoms with Gasteiger partial charge in [0.2, 0.25) is 11.8 Å². The van der Waals surface area contributed by atoms with Crippen molar-refractivity contribution in [2.45, 2.75) is 52.5 Å². The minimum absolute atomic E-state index is 0.00852. The molecule has 1 aliphatic heterocycles. The Kier molecular flexibility index (Phi) is 4.94. The lowest BCUT2D eigenvalue weighted by Crippen LogP contribution is -2.33. The van der Waals surface area contributed by atoms with Crippen LogP contribution in [-0.2, 0) is 29.0 Å². The zero-order valence-corrected chi connectivity index (χ0v) is 16.3. The van der Waals surface area contributed by atoms with E-state index in [4.69, 9.17) is 0 Å². The summed E-state index contributed by atoms with van der Waals surface area (Å²) >= 11 is 0. The van der Waals surface area contributed by atoms with Crippen molar-refractivity contribution >= 4 is 22.7 Å². The van der Waals surface area contributed by atoms with Crippen LogP contribution in [0.3, 0.4) is 0 Å². The van der Waals surface area contributed by atoms with Gasteiger partial charge in [0, 0.05) is 42.7 Å². The molecular weight excluding hydrogens is 338 g/mol. The van der Waals surface area contributed by atoms with Gasteiger partial charge < -0.3 is 15.2 Å². The van der Waals surface area contributed by atoms with Crippen molar-refractivity contribution in [1.29, 1.82) is 0 Å². The Morgan fingerprint density at radius 2 is 2.11 bits per heavy atom. The number of hydrogen-bond donors (Lipinski definition) is 2. The van der Waals surface area contributed by atoms with Crippen molar-refractivity contribution in [1.82, 2.24) is 15.2 Å². The third-order valence-electron chi connectivity index (χ3n) is 5.80. The van der Waals surface area contributed by atoms with Gasteiger partial charge in [0.1, 0.15) is 0 Å². The monoisotopic (exact) mass is 367 g/mol. The highest BCUT2D eigenvalue weighted by Gasteiger charge is 2.34. The largest absolute Gasteiger partial charge is 0.358 e. The topological polar surface area (TPSA) is 65.2 Å². The number of hydrogen-bond acceptors (Lipinski definition) is 2. The van der Waals surface area contributed by atoms with Crippen LogP contribution in [0.2, 0.25) is 0 Å². The molecule has 144 valence electrons. The van der Waals surface area contributed by atoms with Crippen molar-refractivity contribution < 1.29 is 9.59 Å². The molecule has 1 atom stereocenters. The van der Waals surface area contributed by atoms with E-state index in [1.807, 2.05) is 4.90 Å². The number of likely N-dealkylation sites (tertiary alicyclic amines) is 1. The maximum absolute atomic E-state index is 12.5. The fourth-order valence-electron chi connectivity index (χ4n) is 4.46. The Morgan fingerprint density at radius 3 is 2.93 bits per heavy atom. The third-order valence-corrected chi connectivity index (χ3v) is 5.80. The first kappa shape index (κ1) is 18.1. The molecule has 2 heterocycles. The molecule has 2 aliphatic rings. The number of aromatic nitrogens is 1. The number of amides is 2. The van der Waals surface area contributed by atoms with Gasteiger partial charge in [-0.1, -0.05) is 19.9 Å². The van der Waals surface area contributed by atoms with E-state index in [0.717, 1.165) is 24.9 Å². The number of aryl methyl sites for hydroxylation is 2. The van der Waals surface area contributed by atoms with Crippen LogP contribution >= 0.6 is 0 Å². The standard InChI is InChI=1S/C22H29N3O2/c1-14(2)12-25-13-16(10-21(25)26)22(27)23-11-15-7-8-20-18(9-15)17-5-3-4-6-19(17)24-20/h7-9,14,16,24H,3-6,10-13H2,1-2H3,(H,23,27). The van der Waals surface area contributed by atoms with E-state index in [2.05, 4.69) is 42.3 Å². The van der Waals surface area contributed by atoms with Crippen LogP contribution in [-0.4, -0.2) is 34.8 Å². The molecule has 1 fully saturated rings. The van der Waals surface area contributed by atoms with E-state index >= 15 is 0 Å². The van der Waals surface area contributed by atoms with E-state index < -0.39 is 0 Å². The molecule has 1 aromatic heterocycles. The number of rotatable bonds is 5. The summed E-state index contributed by atoms with van der Waals surface area (Å²) in [5, 5.41) is 4.35. The number of aromatic amines is 1. The average Bonchev–Trinajstić information content (AvgIpc) is 3.19. The Balaban J connectivity index is 1.40. The molecule has 5 heteroatoms. The molecular formula is C22H29N3O2. The van der Waals surface area contributed by atoms with Crippen LogP contribution in [0.15, 0.2) is 18.2 Å². The Bertz CT molecular complexity index is 868. The Morgan fingerprint density at radius 1 is 1.30 bits per heavy atom. The zero-order chi connectivity index (χ0) is 19.0. The molecule has 2 N–H and O–H groups in total. The minimum atomic E-state index is -0.222. The van der Waals surface area contributed by atoms with Crippen LogP contribution < -0.4 is 5.32 Å². The number of fused-ring (bicyclic) bond motifs is 3. The summed E-state index contributed by atoms with van der Waals surface area (Å²) in [6, 6.07) is 6.41. The van der Waals surface area contributed by atoms with Gasteiger partial charge >= 0.3 is 0 Å². The summed E-state index contributed by atoms with van der Waals surface area (Å²) in [4.78, 5) is 30.0. The second kappa shape index (κ2) is 7.37. The molecule has 2 amide bonds. The van der Waals surface area contributed by atoms with Crippen LogP contribution in [0.1, 0.15) is 49.9 Å². The fraction of sp³-hybridized carbons (Fsp3) is 0.545. The zero-order valence-electron chi connectivity index (χ0n) is 16.3. The number of carbonyl (C=O) groups is 2. The van der Waals surface area contributed by atoms with Crippen molar-refractivity contribution in [3.05, 3.63) is 35.0 Å². The van der Waals surface area contributed by atoms with Gasteiger partial charge in [-0.25, -0.2) is 0 Å². The molecule has 27 heavy (non-hydrogen) atoms. The molecule has 1 saturated heterocycles. The molecule has 2 aromatic rings. The predicted molar refractivity (Wildman–Crippen MR) is 106 cm³/mol. The van der Waals surface area contributed by atoms with Crippen LogP contribution in [0, 0.1) is 11.8 Å². The molecule has 1 unspecified atom stereocenters. The lowest BCUT2D eigenvalue weighted by molar-refractivity contribution is -0.129. The smallest absolute Gasteiger partial charge is 0.225 e. The van der Waals surface area contributed by atoms with Crippen molar-refractivity contribution in [2.75, 3.05) is 13.1 Å². The highest BCUT2D eigenvalue weighted by Crippen LogP contribution is 2.29. The Hall–Kier alpha value is -2.30. The van der Waals surface area contributed by atoms with E-state index in [-0.39, 0.29) is 17.7 Å². The molecule has 1 aromatic carbocycles. The number of H-pyrrole nitrogens is 1. The lowest BCUT2D eigenvalue weighted by atomic mass is 9.95. The van der Waals surface area contributed by atoms with Crippen LogP contribution in [0.25, 0.3) is 10.9 Å². The Labute approximate surface area is 160 Å². The molecule has 5 nitrogen and oxygen atoms in total. The first-order chi connectivity index (χ1) is 13.0. The van der Waals surface area contributed by atoms with Crippen molar-refractivity contribution in [3.63, 3.8) is 0 Å². The van der Waals surface area contributed by atoms with Gasteiger partial charge in [-0.15, -0.1) is 0 Å². The van der Waals surface area contributed by atoms with E-state index in [1.54, 1.807) is 0 Å². The second-order valence-corrected chi connectivity index (χ2v) is 8.48. The quantitative estimate of drug-likeness (QED) is 0.852. The maximum atomic E-state index is 12.5. The number of nitrogens with zero attached hydrogens (tertiary/aromatic N) is 1. The fourth-order valence-corrected chi connectivity index (χ4v) is 4.46. The lowest BCUT2D eigenvalue weighted by Gasteiger charge is -2.18. The van der Waals surface area contributed by atoms with Gasteiger partial charge in [0.15, 0.2) is 0 Å². The molecule has 4 rings (SSSR count). The number of carbonyl (C=O) groups excluding carboxylic acids is 2. The van der Waals surface area contributed by atoms with Crippen molar-refractivity contribution in [2.24, 2.45) is 11.8 Å². The molecule has 0 radical (unpaired) electrons. The molecule has 1 aliphatic carbocycles. The summed E-state index contributed by atoms with van der Waals surface area (Å²) in [5.74, 6) is 0.296. The van der Waals surface area contributed by atoms with Crippen LogP contribution in [0.4, 0.5) is 0 Å². The van der Waals surface area contributed by atoms with Crippen molar-refractivity contribution in [3.8, 4) is 0 Å². The van der Waals surface area contributed by atoms with Gasteiger partial charge in [-0.2, -0.15) is 0 Å². The van der Waals surface area contributed by atoms with Gasteiger partial charge in [0.05, 0.1) is 5.92 Å². The van der Waals surface area contributed by atoms with Gasteiger partial charge in [0.25, 0.3) is 0 Å². The van der Waals surface area contributed by atoms with E-state index in [9.17, 15) is 9.59 Å². The first-order valence-electron chi connectivity index (χ1n) is 10.2. The molecule has 0 saturated carbocycles. The van der Waals surface area contributed by atoms with Crippen LogP contribution in [0.5, 0.6) is 0 Å². The summed E-state index contributed by atoms with van der Waals surface area (Å²) in [5.41, 5.74) is 5.15. The second-order valence-electron chi connectivity index (χ2n) is 8.48.